The summed E-state index contributed by atoms with van der Waals surface area (Å²) in [5.41, 5.74) is 10.2. The number of anilines is 1. The highest BCUT2D eigenvalue weighted by Gasteiger charge is 2.22. The highest BCUT2D eigenvalue weighted by atomic mass is 16.5. The maximum Gasteiger partial charge on any atom is 0.223 e. The Morgan fingerprint density at radius 2 is 2.03 bits per heavy atom. The van der Waals surface area contributed by atoms with Crippen LogP contribution in [0.2, 0.25) is 0 Å². The Hall–Kier alpha value is -3.19. The van der Waals surface area contributed by atoms with E-state index in [1.807, 2.05) is 30.7 Å². The molecule has 1 saturated carbocycles. The van der Waals surface area contributed by atoms with Crippen molar-refractivity contribution in [3.8, 4) is 16.9 Å². The van der Waals surface area contributed by atoms with Crippen LogP contribution in [-0.2, 0) is 0 Å². The molecule has 0 saturated heterocycles. The van der Waals surface area contributed by atoms with Crippen molar-refractivity contribution in [3.05, 3.63) is 43.0 Å². The molecule has 5 rings (SSSR count). The van der Waals surface area contributed by atoms with E-state index in [-0.39, 0.29) is 12.1 Å². The van der Waals surface area contributed by atoms with Gasteiger partial charge in [0.25, 0.3) is 0 Å². The minimum Gasteiger partial charge on any atom is -0.497 e. The van der Waals surface area contributed by atoms with Gasteiger partial charge in [0.2, 0.25) is 5.95 Å². The number of aromatic nitrogens is 4. The molecule has 7 nitrogen and oxygen atoms in total. The van der Waals surface area contributed by atoms with Crippen molar-refractivity contribution in [1.29, 1.82) is 0 Å². The summed E-state index contributed by atoms with van der Waals surface area (Å²) in [6.07, 6.45) is 12.0. The lowest BCUT2D eigenvalue weighted by Gasteiger charge is -2.29. The molecule has 1 fully saturated rings. The van der Waals surface area contributed by atoms with Crippen LogP contribution in [0, 0.1) is 0 Å². The van der Waals surface area contributed by atoms with E-state index in [0.29, 0.717) is 5.95 Å². The monoisotopic (exact) mass is 388 g/mol. The van der Waals surface area contributed by atoms with Gasteiger partial charge in [-0.05, 0) is 25.0 Å². The number of pyridine rings is 1. The maximum absolute atomic E-state index is 6.29. The lowest BCUT2D eigenvalue weighted by Crippen LogP contribution is -2.42. The molecule has 4 N–H and O–H groups in total. The fraction of sp³-hybridized carbons (Fsp3) is 0.318. The Morgan fingerprint density at radius 1 is 1.14 bits per heavy atom. The molecule has 0 unspecified atom stereocenters. The zero-order chi connectivity index (χ0) is 19.8. The Bertz CT molecular complexity index is 1170. The second-order valence-corrected chi connectivity index (χ2v) is 7.63. The molecule has 0 radical (unpaired) electrons. The molecule has 29 heavy (non-hydrogen) atoms. The van der Waals surface area contributed by atoms with E-state index < -0.39 is 0 Å². The number of H-pyrrole nitrogens is 1. The van der Waals surface area contributed by atoms with Crippen LogP contribution < -0.4 is 15.8 Å². The molecule has 7 heteroatoms. The van der Waals surface area contributed by atoms with E-state index in [1.54, 1.807) is 13.3 Å². The molecule has 1 aliphatic rings. The average Bonchev–Trinajstić information content (AvgIpc) is 3.18. The molecule has 0 spiro atoms. The molecule has 1 aromatic carbocycles. The summed E-state index contributed by atoms with van der Waals surface area (Å²) in [5, 5.41) is 5.46. The Morgan fingerprint density at radius 3 is 2.90 bits per heavy atom. The topological polar surface area (TPSA) is 102 Å². The number of hydrogen-bond acceptors (Lipinski definition) is 6. The summed E-state index contributed by atoms with van der Waals surface area (Å²) in [4.78, 5) is 17.1. The van der Waals surface area contributed by atoms with Crippen molar-refractivity contribution in [1.82, 2.24) is 19.9 Å². The molecule has 0 aliphatic heterocycles. The van der Waals surface area contributed by atoms with Crippen LogP contribution >= 0.6 is 0 Å². The van der Waals surface area contributed by atoms with Gasteiger partial charge in [-0.2, -0.15) is 0 Å². The second-order valence-electron chi connectivity index (χ2n) is 7.63. The van der Waals surface area contributed by atoms with E-state index in [1.165, 1.54) is 12.8 Å². The van der Waals surface area contributed by atoms with Gasteiger partial charge in [0, 0.05) is 70.4 Å². The van der Waals surface area contributed by atoms with E-state index >= 15 is 0 Å². The van der Waals surface area contributed by atoms with Gasteiger partial charge in [-0.15, -0.1) is 0 Å². The Labute approximate surface area is 168 Å². The number of rotatable bonds is 4. The lowest BCUT2D eigenvalue weighted by molar-refractivity contribution is 0.402. The van der Waals surface area contributed by atoms with Gasteiger partial charge >= 0.3 is 0 Å². The molecule has 4 aromatic rings. The third kappa shape index (κ3) is 3.27. The lowest BCUT2D eigenvalue weighted by atomic mass is 9.91. The summed E-state index contributed by atoms with van der Waals surface area (Å²) < 4.78 is 5.33. The number of benzene rings is 1. The third-order valence-corrected chi connectivity index (χ3v) is 5.80. The van der Waals surface area contributed by atoms with Crippen LogP contribution in [0.15, 0.2) is 43.0 Å². The van der Waals surface area contributed by atoms with Crippen LogP contribution in [0.5, 0.6) is 5.75 Å². The van der Waals surface area contributed by atoms with Gasteiger partial charge < -0.3 is 20.8 Å². The first kappa shape index (κ1) is 17.9. The number of aromatic amines is 1. The standard InChI is InChI=1S/C22H24N6O/c1-29-14-6-7-15-16(12-25-20(15)8-14)17-11-24-9-13-10-26-22(28-21(13)17)27-19-5-3-2-4-18(19)23/h6-12,18-19,25H,2-5,23H2,1H3,(H,26,27,28)/t18-,19+/m1/s1. The van der Waals surface area contributed by atoms with Crippen molar-refractivity contribution in [3.63, 3.8) is 0 Å². The van der Waals surface area contributed by atoms with Crippen molar-refractivity contribution in [2.75, 3.05) is 12.4 Å². The van der Waals surface area contributed by atoms with Gasteiger partial charge in [0.05, 0.1) is 12.6 Å². The smallest absolute Gasteiger partial charge is 0.223 e. The number of nitrogens with two attached hydrogens (primary N) is 1. The number of nitrogens with zero attached hydrogens (tertiary/aromatic N) is 3. The molecular formula is C22H24N6O. The van der Waals surface area contributed by atoms with Gasteiger partial charge in [0.15, 0.2) is 0 Å². The number of hydrogen-bond donors (Lipinski definition) is 3. The predicted molar refractivity (Wildman–Crippen MR) is 115 cm³/mol. The molecule has 0 bridgehead atoms. The van der Waals surface area contributed by atoms with E-state index in [9.17, 15) is 0 Å². The molecule has 1 aliphatic carbocycles. The SMILES string of the molecule is COc1ccc2c(-c3cncc4cnc(N[C@H]5CCCC[C@H]5N)nc34)c[nH]c2c1. The fourth-order valence-corrected chi connectivity index (χ4v) is 4.18. The number of fused-ring (bicyclic) bond motifs is 2. The van der Waals surface area contributed by atoms with E-state index in [4.69, 9.17) is 15.5 Å². The average molecular weight is 388 g/mol. The molecule has 0 amide bonds. The summed E-state index contributed by atoms with van der Waals surface area (Å²) in [6, 6.07) is 6.37. The highest BCUT2D eigenvalue weighted by Crippen LogP contribution is 2.34. The maximum atomic E-state index is 6.29. The number of methoxy groups -OCH3 is 1. The Kier molecular flexibility index (Phi) is 4.52. The van der Waals surface area contributed by atoms with Crippen LogP contribution in [0.3, 0.4) is 0 Å². The predicted octanol–water partition coefficient (Wildman–Crippen LogP) is 3.86. The van der Waals surface area contributed by atoms with Crippen molar-refractivity contribution in [2.24, 2.45) is 5.73 Å². The van der Waals surface area contributed by atoms with Crippen LogP contribution in [-0.4, -0.2) is 39.1 Å². The first-order valence-corrected chi connectivity index (χ1v) is 10.0. The van der Waals surface area contributed by atoms with E-state index in [2.05, 4.69) is 26.3 Å². The van der Waals surface area contributed by atoms with Crippen LogP contribution in [0.25, 0.3) is 32.9 Å². The summed E-state index contributed by atoms with van der Waals surface area (Å²) >= 11 is 0. The first-order chi connectivity index (χ1) is 14.2. The Balaban J connectivity index is 1.57. The first-order valence-electron chi connectivity index (χ1n) is 10.0. The number of nitrogens with one attached hydrogen (secondary N) is 2. The van der Waals surface area contributed by atoms with E-state index in [0.717, 1.165) is 51.5 Å². The highest BCUT2D eigenvalue weighted by molar-refractivity contribution is 6.03. The van der Waals surface area contributed by atoms with Crippen molar-refractivity contribution in [2.45, 2.75) is 37.8 Å². The molecule has 148 valence electrons. The van der Waals surface area contributed by atoms with Gasteiger partial charge in [-0.1, -0.05) is 12.8 Å². The van der Waals surface area contributed by atoms with Gasteiger partial charge in [-0.3, -0.25) is 4.98 Å². The summed E-state index contributed by atoms with van der Waals surface area (Å²) in [6.45, 7) is 0. The van der Waals surface area contributed by atoms with Crippen LogP contribution in [0.4, 0.5) is 5.95 Å². The van der Waals surface area contributed by atoms with Crippen molar-refractivity contribution < 1.29 is 4.74 Å². The molecule has 2 atom stereocenters. The summed E-state index contributed by atoms with van der Waals surface area (Å²) in [5.74, 6) is 1.44. The number of ether oxygens (including phenoxy) is 1. The molecular weight excluding hydrogens is 364 g/mol. The minimum atomic E-state index is 0.142. The minimum absolute atomic E-state index is 0.142. The molecule has 3 aromatic heterocycles. The van der Waals surface area contributed by atoms with Crippen LogP contribution in [0.1, 0.15) is 25.7 Å². The zero-order valence-electron chi connectivity index (χ0n) is 16.4. The zero-order valence-corrected chi connectivity index (χ0v) is 16.4. The normalized spacial score (nSPS) is 19.5. The van der Waals surface area contributed by atoms with Crippen molar-refractivity contribution >= 4 is 27.8 Å². The second kappa shape index (κ2) is 7.33. The van der Waals surface area contributed by atoms with Gasteiger partial charge in [0.1, 0.15) is 5.75 Å². The third-order valence-electron chi connectivity index (χ3n) is 5.80. The quantitative estimate of drug-likeness (QED) is 0.491. The summed E-state index contributed by atoms with van der Waals surface area (Å²) in [7, 11) is 1.67. The molecule has 3 heterocycles. The van der Waals surface area contributed by atoms with Gasteiger partial charge in [-0.25, -0.2) is 9.97 Å². The fourth-order valence-electron chi connectivity index (χ4n) is 4.18. The largest absolute Gasteiger partial charge is 0.497 e.